The highest BCUT2D eigenvalue weighted by Crippen LogP contribution is 2.23. The molecule has 0 radical (unpaired) electrons. The third-order valence-corrected chi connectivity index (χ3v) is 1.65. The maximum atomic E-state index is 13.2. The molecular formula is C9H12FN3O4. The normalized spacial score (nSPS) is 10.6. The minimum absolute atomic E-state index is 0.236. The summed E-state index contributed by atoms with van der Waals surface area (Å²) in [5.74, 6) is -0.927. The van der Waals surface area contributed by atoms with Crippen LogP contribution in [0.25, 0.3) is 0 Å². The molecule has 1 N–H and O–H groups in total. The number of nitrogens with zero attached hydrogens (tertiary/aromatic N) is 2. The van der Waals surface area contributed by atoms with E-state index in [1.807, 2.05) is 0 Å². The van der Waals surface area contributed by atoms with Gasteiger partial charge in [0.25, 0.3) is 5.69 Å². The van der Waals surface area contributed by atoms with Crippen LogP contribution < -0.4 is 10.3 Å². The van der Waals surface area contributed by atoms with E-state index in [0.717, 1.165) is 18.2 Å². The molecule has 7 nitrogen and oxygen atoms in total. The van der Waals surface area contributed by atoms with Crippen LogP contribution in [0.4, 0.5) is 10.1 Å². The van der Waals surface area contributed by atoms with Gasteiger partial charge in [-0.15, -0.1) is 5.59 Å². The van der Waals surface area contributed by atoms with E-state index in [2.05, 4.69) is 5.59 Å². The van der Waals surface area contributed by atoms with Gasteiger partial charge in [-0.3, -0.25) is 10.1 Å². The smallest absolute Gasteiger partial charge is 0.273 e. The molecule has 1 aromatic carbocycles. The summed E-state index contributed by atoms with van der Waals surface area (Å²) in [6.07, 6.45) is 0. The van der Waals surface area contributed by atoms with Crippen LogP contribution in [0.2, 0.25) is 0 Å². The van der Waals surface area contributed by atoms with Crippen LogP contribution in [-0.2, 0) is 4.84 Å². The van der Waals surface area contributed by atoms with Crippen molar-refractivity contribution in [2.75, 3.05) is 20.9 Å². The molecule has 0 unspecified atom stereocenters. The second kappa shape index (κ2) is 6.09. The van der Waals surface area contributed by atoms with Crippen LogP contribution >= 0.6 is 0 Å². The molecule has 0 saturated carbocycles. The first-order valence-electron chi connectivity index (χ1n) is 4.62. The lowest BCUT2D eigenvalue weighted by molar-refractivity contribution is -0.385. The first-order valence-corrected chi connectivity index (χ1v) is 4.62. The molecule has 0 atom stereocenters. The first kappa shape index (κ1) is 13.3. The van der Waals surface area contributed by atoms with Gasteiger partial charge in [0.2, 0.25) is 6.79 Å². The molecule has 0 amide bonds. The van der Waals surface area contributed by atoms with Crippen LogP contribution in [0.3, 0.4) is 0 Å². The average Bonchev–Trinajstić information content (AvgIpc) is 2.25. The van der Waals surface area contributed by atoms with Crippen LogP contribution in [0.1, 0.15) is 0 Å². The molecule has 0 saturated heterocycles. The van der Waals surface area contributed by atoms with Gasteiger partial charge in [0.1, 0.15) is 0 Å². The summed E-state index contributed by atoms with van der Waals surface area (Å²) in [7, 11) is 3.38. The Kier molecular flexibility index (Phi) is 4.76. The van der Waals surface area contributed by atoms with Gasteiger partial charge in [0.05, 0.1) is 11.0 Å². The molecule has 17 heavy (non-hydrogen) atoms. The zero-order valence-corrected chi connectivity index (χ0v) is 9.34. The van der Waals surface area contributed by atoms with Crippen LogP contribution in [0, 0.1) is 15.9 Å². The van der Waals surface area contributed by atoms with Gasteiger partial charge in [-0.1, -0.05) is 0 Å². The number of non-ortho nitro benzene ring substituents is 1. The lowest BCUT2D eigenvalue weighted by atomic mass is 10.3. The van der Waals surface area contributed by atoms with E-state index in [-0.39, 0.29) is 18.2 Å². The monoisotopic (exact) mass is 245 g/mol. The molecule has 1 aromatic rings. The Morgan fingerprint density at radius 2 is 2.24 bits per heavy atom. The first-order chi connectivity index (χ1) is 8.00. The number of hydrazine groups is 1. The Morgan fingerprint density at radius 1 is 1.53 bits per heavy atom. The predicted octanol–water partition coefficient (Wildman–Crippen LogP) is 1.07. The number of benzene rings is 1. The van der Waals surface area contributed by atoms with Gasteiger partial charge in [-0.05, 0) is 6.07 Å². The van der Waals surface area contributed by atoms with Crippen molar-refractivity contribution in [2.45, 2.75) is 0 Å². The fourth-order valence-electron chi connectivity index (χ4n) is 0.965. The Labute approximate surface area is 96.8 Å². The molecular weight excluding hydrogens is 233 g/mol. The van der Waals surface area contributed by atoms with Crippen molar-refractivity contribution in [3.63, 3.8) is 0 Å². The van der Waals surface area contributed by atoms with Crippen molar-refractivity contribution in [1.82, 2.24) is 10.6 Å². The van der Waals surface area contributed by atoms with E-state index in [0.29, 0.717) is 0 Å². The summed E-state index contributed by atoms with van der Waals surface area (Å²) >= 11 is 0. The minimum Gasteiger partial charge on any atom is -0.462 e. The number of nitrogens with one attached hydrogen (secondary N) is 1. The quantitative estimate of drug-likeness (QED) is 0.349. The number of nitro groups is 1. The van der Waals surface area contributed by atoms with Crippen molar-refractivity contribution in [1.29, 1.82) is 0 Å². The molecule has 8 heteroatoms. The summed E-state index contributed by atoms with van der Waals surface area (Å²) < 4.78 is 18.1. The molecule has 0 spiro atoms. The van der Waals surface area contributed by atoms with E-state index in [4.69, 9.17) is 9.57 Å². The third kappa shape index (κ3) is 4.31. The zero-order valence-electron chi connectivity index (χ0n) is 9.34. The largest absolute Gasteiger partial charge is 0.462 e. The van der Waals surface area contributed by atoms with Crippen molar-refractivity contribution < 1.29 is 18.9 Å². The fourth-order valence-corrected chi connectivity index (χ4v) is 0.965. The van der Waals surface area contributed by atoms with Gasteiger partial charge in [-0.2, -0.15) is 0 Å². The highest BCUT2D eigenvalue weighted by atomic mass is 19.1. The number of rotatable bonds is 6. The number of hydrogen-bond acceptors (Lipinski definition) is 6. The van der Waals surface area contributed by atoms with Crippen molar-refractivity contribution in [3.05, 3.63) is 34.1 Å². The molecule has 0 heterocycles. The van der Waals surface area contributed by atoms with Gasteiger partial charge in [0, 0.05) is 20.2 Å². The Hall–Kier alpha value is -1.77. The Bertz CT molecular complexity index is 400. The number of halogens is 1. The van der Waals surface area contributed by atoms with Gasteiger partial charge >= 0.3 is 0 Å². The van der Waals surface area contributed by atoms with Crippen molar-refractivity contribution >= 4 is 5.69 Å². The van der Waals surface area contributed by atoms with Crippen molar-refractivity contribution in [3.8, 4) is 5.75 Å². The summed E-state index contributed by atoms with van der Waals surface area (Å²) in [5, 5.41) is 12.0. The Morgan fingerprint density at radius 3 is 2.82 bits per heavy atom. The molecule has 94 valence electrons. The van der Waals surface area contributed by atoms with E-state index in [1.54, 1.807) is 14.1 Å². The molecule has 1 rings (SSSR count). The van der Waals surface area contributed by atoms with Gasteiger partial charge < -0.3 is 4.74 Å². The molecule has 0 aromatic heterocycles. The summed E-state index contributed by atoms with van der Waals surface area (Å²) in [6, 6.07) is 3.02. The molecule has 0 fully saturated rings. The average molecular weight is 245 g/mol. The SMILES string of the molecule is CN(C)NOCOc1cc([N+](=O)[O-])ccc1F. The zero-order chi connectivity index (χ0) is 12.8. The molecule has 0 aliphatic rings. The summed E-state index contributed by atoms with van der Waals surface area (Å²) in [5.41, 5.74) is 2.18. The van der Waals surface area contributed by atoms with E-state index < -0.39 is 10.7 Å². The second-order valence-corrected chi connectivity index (χ2v) is 3.26. The van der Waals surface area contributed by atoms with E-state index >= 15 is 0 Å². The third-order valence-electron chi connectivity index (χ3n) is 1.65. The van der Waals surface area contributed by atoms with E-state index in [1.165, 1.54) is 5.01 Å². The van der Waals surface area contributed by atoms with Gasteiger partial charge in [0.15, 0.2) is 11.6 Å². The molecule has 0 aliphatic carbocycles. The van der Waals surface area contributed by atoms with Crippen molar-refractivity contribution in [2.24, 2.45) is 0 Å². The molecule has 0 bridgehead atoms. The topological polar surface area (TPSA) is 76.9 Å². The van der Waals surface area contributed by atoms with Crippen LogP contribution in [0.15, 0.2) is 18.2 Å². The maximum absolute atomic E-state index is 13.2. The highest BCUT2D eigenvalue weighted by molar-refractivity contribution is 5.39. The van der Waals surface area contributed by atoms with Crippen LogP contribution in [0.5, 0.6) is 5.75 Å². The lowest BCUT2D eigenvalue weighted by Crippen LogP contribution is -2.31. The van der Waals surface area contributed by atoms with Crippen LogP contribution in [-0.4, -0.2) is 30.8 Å². The number of nitro benzene ring substituents is 1. The maximum Gasteiger partial charge on any atom is 0.273 e. The number of hydrogen-bond donors (Lipinski definition) is 1. The predicted molar refractivity (Wildman–Crippen MR) is 56.5 cm³/mol. The second-order valence-electron chi connectivity index (χ2n) is 3.26. The fraction of sp³-hybridized carbons (Fsp3) is 0.333. The molecule has 0 aliphatic heterocycles. The lowest BCUT2D eigenvalue weighted by Gasteiger charge is -2.12. The summed E-state index contributed by atoms with van der Waals surface area (Å²) in [6.45, 7) is -0.281. The van der Waals surface area contributed by atoms with Gasteiger partial charge in [-0.25, -0.2) is 14.2 Å². The summed E-state index contributed by atoms with van der Waals surface area (Å²) in [4.78, 5) is 14.6. The number of ether oxygens (including phenoxy) is 1. The highest BCUT2D eigenvalue weighted by Gasteiger charge is 2.11. The standard InChI is InChI=1S/C9H12FN3O4/c1-12(2)11-17-6-16-9-5-7(13(14)15)3-4-8(9)10/h3-5,11H,6H2,1-2H3. The van der Waals surface area contributed by atoms with E-state index in [9.17, 15) is 14.5 Å². The minimum atomic E-state index is -0.691. The Balaban J connectivity index is 2.57.